The smallest absolute Gasteiger partial charge is 0.332 e. The summed E-state index contributed by atoms with van der Waals surface area (Å²) in [6.07, 6.45) is 1.08. The summed E-state index contributed by atoms with van der Waals surface area (Å²) in [5.41, 5.74) is 2.85. The molecule has 0 aliphatic rings. The van der Waals surface area contributed by atoms with Gasteiger partial charge in [-0.25, -0.2) is 4.79 Å². The molecule has 8 nitrogen and oxygen atoms in total. The first-order valence-electron chi connectivity index (χ1n) is 10.1. The van der Waals surface area contributed by atoms with Crippen molar-refractivity contribution in [1.29, 1.82) is 0 Å². The van der Waals surface area contributed by atoms with Crippen LogP contribution >= 0.6 is 11.6 Å². The first-order valence-corrected chi connectivity index (χ1v) is 10.5. The molecule has 2 aromatic carbocycles. The molecule has 0 unspecified atom stereocenters. The summed E-state index contributed by atoms with van der Waals surface area (Å²) in [5, 5.41) is 24.3. The average Bonchev–Trinajstić information content (AvgIpc) is 2.80. The number of carbonyl (C=O) groups is 3. The Balaban J connectivity index is 1.73. The third-order valence-corrected chi connectivity index (χ3v) is 5.19. The van der Waals surface area contributed by atoms with Gasteiger partial charge in [0.25, 0.3) is 0 Å². The van der Waals surface area contributed by atoms with E-state index >= 15 is 0 Å². The van der Waals surface area contributed by atoms with Crippen molar-refractivity contribution in [3.8, 4) is 11.1 Å². The molecule has 0 aliphatic heterocycles. The molecule has 3 rings (SSSR count). The Hall–Kier alpha value is -3.75. The van der Waals surface area contributed by atoms with Gasteiger partial charge in [-0.15, -0.1) is 0 Å². The molecule has 0 spiro atoms. The van der Waals surface area contributed by atoms with Gasteiger partial charge in [-0.05, 0) is 35.7 Å². The summed E-state index contributed by atoms with van der Waals surface area (Å²) in [6.45, 7) is 0. The van der Waals surface area contributed by atoms with Crippen LogP contribution in [0.1, 0.15) is 12.0 Å². The monoisotopic (exact) mass is 467 g/mol. The lowest BCUT2D eigenvalue weighted by atomic mass is 9.97. The van der Waals surface area contributed by atoms with Crippen LogP contribution in [0.25, 0.3) is 11.1 Å². The number of benzene rings is 2. The summed E-state index contributed by atoms with van der Waals surface area (Å²) in [4.78, 5) is 39.6. The third kappa shape index (κ3) is 6.86. The molecule has 0 radical (unpaired) electrons. The van der Waals surface area contributed by atoms with Crippen LogP contribution in [-0.2, 0) is 20.8 Å². The van der Waals surface area contributed by atoms with E-state index in [9.17, 15) is 19.5 Å². The lowest BCUT2D eigenvalue weighted by molar-refractivity contribution is -0.147. The number of halogens is 1. The molecule has 2 amide bonds. The lowest BCUT2D eigenvalue weighted by Gasteiger charge is -2.20. The Kier molecular flexibility index (Phi) is 8.12. The number of amides is 2. The fourth-order valence-electron chi connectivity index (χ4n) is 3.26. The number of anilines is 1. The van der Waals surface area contributed by atoms with Gasteiger partial charge in [0, 0.05) is 41.1 Å². The Morgan fingerprint density at radius 2 is 1.67 bits per heavy atom. The van der Waals surface area contributed by atoms with Gasteiger partial charge in [0.1, 0.15) is 0 Å². The van der Waals surface area contributed by atoms with Gasteiger partial charge < -0.3 is 20.8 Å². The van der Waals surface area contributed by atoms with E-state index in [4.69, 9.17) is 16.7 Å². The van der Waals surface area contributed by atoms with Gasteiger partial charge in [-0.2, -0.15) is 0 Å². The van der Waals surface area contributed by atoms with Crippen molar-refractivity contribution in [2.75, 3.05) is 5.32 Å². The Bertz CT molecular complexity index is 1130. The number of nitrogens with one attached hydrogen (secondary N) is 2. The summed E-state index contributed by atoms with van der Waals surface area (Å²) < 4.78 is 0. The second-order valence-corrected chi connectivity index (χ2v) is 7.74. The number of aliphatic hydroxyl groups is 1. The van der Waals surface area contributed by atoms with Crippen molar-refractivity contribution in [3.63, 3.8) is 0 Å². The minimum Gasteiger partial charge on any atom is -0.479 e. The number of rotatable bonds is 8. The summed E-state index contributed by atoms with van der Waals surface area (Å²) in [7, 11) is 0. The zero-order valence-electron chi connectivity index (χ0n) is 17.4. The van der Waals surface area contributed by atoms with Gasteiger partial charge in [0.2, 0.25) is 0 Å². The quantitative estimate of drug-likeness (QED) is 0.377. The number of aromatic nitrogens is 1. The largest absolute Gasteiger partial charge is 0.479 e. The van der Waals surface area contributed by atoms with E-state index in [0.29, 0.717) is 16.3 Å². The maximum Gasteiger partial charge on any atom is 0.332 e. The first kappa shape index (κ1) is 23.9. The number of carboxylic acid groups (broad SMARTS) is 1. The number of carbonyl (C=O) groups excluding carboxylic acids is 2. The Morgan fingerprint density at radius 1 is 0.970 bits per heavy atom. The zero-order valence-corrected chi connectivity index (χ0v) is 18.2. The second-order valence-electron chi connectivity index (χ2n) is 7.33. The van der Waals surface area contributed by atoms with Crippen molar-refractivity contribution in [3.05, 3.63) is 83.6 Å². The van der Waals surface area contributed by atoms with E-state index in [1.807, 2.05) is 36.4 Å². The van der Waals surface area contributed by atoms with E-state index in [2.05, 4.69) is 15.6 Å². The number of nitrogens with zero attached hydrogens (tertiary/aromatic N) is 1. The summed E-state index contributed by atoms with van der Waals surface area (Å²) in [6, 6.07) is 17.1. The van der Waals surface area contributed by atoms with Crippen molar-refractivity contribution >= 4 is 35.1 Å². The molecular weight excluding hydrogens is 446 g/mol. The van der Waals surface area contributed by atoms with Crippen LogP contribution in [-0.4, -0.2) is 45.1 Å². The summed E-state index contributed by atoms with van der Waals surface area (Å²) in [5.74, 6) is -3.30. The summed E-state index contributed by atoms with van der Waals surface area (Å²) >= 11 is 6.45. The fraction of sp³-hybridized carbons (Fsp3) is 0.167. The number of hydrogen-bond donors (Lipinski definition) is 4. The molecule has 0 fully saturated rings. The van der Waals surface area contributed by atoms with Crippen LogP contribution in [0, 0.1) is 0 Å². The highest BCUT2D eigenvalue weighted by Crippen LogP contribution is 2.29. The molecule has 4 N–H and O–H groups in total. The molecule has 170 valence electrons. The predicted molar refractivity (Wildman–Crippen MR) is 124 cm³/mol. The molecule has 0 aliphatic carbocycles. The van der Waals surface area contributed by atoms with E-state index in [0.717, 1.165) is 11.1 Å². The maximum atomic E-state index is 12.4. The third-order valence-electron chi connectivity index (χ3n) is 4.87. The molecule has 0 saturated heterocycles. The van der Waals surface area contributed by atoms with E-state index < -0.39 is 29.9 Å². The SMILES string of the molecule is O=C(Nc1ccncc1)C(=O)N[C@H](Cc1ccc(-c2ccccc2)c(Cl)c1)C[C@@H](O)C(=O)O. The zero-order chi connectivity index (χ0) is 23.8. The molecular formula is C24H22ClN3O5. The molecule has 33 heavy (non-hydrogen) atoms. The van der Waals surface area contributed by atoms with Crippen molar-refractivity contribution in [2.45, 2.75) is 25.0 Å². The van der Waals surface area contributed by atoms with Crippen LogP contribution in [0.3, 0.4) is 0 Å². The van der Waals surface area contributed by atoms with Crippen molar-refractivity contribution in [2.24, 2.45) is 0 Å². The Morgan fingerprint density at radius 3 is 2.30 bits per heavy atom. The highest BCUT2D eigenvalue weighted by molar-refractivity contribution is 6.39. The molecule has 3 aromatic rings. The lowest BCUT2D eigenvalue weighted by Crippen LogP contribution is -2.45. The van der Waals surface area contributed by atoms with Crippen LogP contribution < -0.4 is 10.6 Å². The highest BCUT2D eigenvalue weighted by atomic mass is 35.5. The van der Waals surface area contributed by atoms with Gasteiger partial charge in [0.15, 0.2) is 6.10 Å². The number of hydrogen-bond acceptors (Lipinski definition) is 5. The highest BCUT2D eigenvalue weighted by Gasteiger charge is 2.25. The first-order chi connectivity index (χ1) is 15.8. The topological polar surface area (TPSA) is 129 Å². The van der Waals surface area contributed by atoms with E-state index in [1.165, 1.54) is 24.5 Å². The standard InChI is InChI=1S/C24H22ClN3O5/c25-20-13-15(6-7-19(20)16-4-2-1-3-5-16)12-18(14-21(29)24(32)33)28-23(31)22(30)27-17-8-10-26-11-9-17/h1-11,13,18,21,29H,12,14H2,(H,28,31)(H,32,33)(H,26,27,30)/t18-,21-/m1/s1. The average molecular weight is 468 g/mol. The van der Waals surface area contributed by atoms with Gasteiger partial charge in [-0.1, -0.05) is 54.1 Å². The van der Waals surface area contributed by atoms with E-state index in [-0.39, 0.29) is 12.8 Å². The van der Waals surface area contributed by atoms with Crippen LogP contribution in [0.2, 0.25) is 5.02 Å². The predicted octanol–water partition coefficient (Wildman–Crippen LogP) is 2.90. The van der Waals surface area contributed by atoms with Crippen LogP contribution in [0.4, 0.5) is 5.69 Å². The normalized spacial score (nSPS) is 12.4. The minimum absolute atomic E-state index is 0.160. The number of pyridine rings is 1. The number of aliphatic hydroxyl groups excluding tert-OH is 1. The van der Waals surface area contributed by atoms with Crippen LogP contribution in [0.15, 0.2) is 73.1 Å². The Labute approximate surface area is 195 Å². The fourth-order valence-corrected chi connectivity index (χ4v) is 3.57. The maximum absolute atomic E-state index is 12.4. The van der Waals surface area contributed by atoms with Crippen LogP contribution in [0.5, 0.6) is 0 Å². The molecule has 9 heteroatoms. The van der Waals surface area contributed by atoms with Gasteiger partial charge >= 0.3 is 17.8 Å². The molecule has 2 atom stereocenters. The number of aliphatic carboxylic acids is 1. The molecule has 0 bridgehead atoms. The second kappa shape index (κ2) is 11.2. The van der Waals surface area contributed by atoms with E-state index in [1.54, 1.807) is 12.1 Å². The van der Waals surface area contributed by atoms with Gasteiger partial charge in [0.05, 0.1) is 0 Å². The minimum atomic E-state index is -1.71. The van der Waals surface area contributed by atoms with Gasteiger partial charge in [-0.3, -0.25) is 14.6 Å². The van der Waals surface area contributed by atoms with Crippen molar-refractivity contribution < 1.29 is 24.6 Å². The molecule has 1 aromatic heterocycles. The van der Waals surface area contributed by atoms with Crippen molar-refractivity contribution in [1.82, 2.24) is 10.3 Å². The molecule has 1 heterocycles. The number of carboxylic acids is 1. The molecule has 0 saturated carbocycles.